The second kappa shape index (κ2) is 2.02. The minimum atomic E-state index is 0.573. The molecule has 3 nitrogen and oxygen atoms in total. The Morgan fingerprint density at radius 3 is 3.09 bits per heavy atom. The Labute approximate surface area is 65.0 Å². The fourth-order valence-corrected chi connectivity index (χ4v) is 1.15. The highest BCUT2D eigenvalue weighted by atomic mass is 15.1. The van der Waals surface area contributed by atoms with Crippen LogP contribution in [-0.4, -0.2) is 18.0 Å². The fourth-order valence-electron chi connectivity index (χ4n) is 1.15. The molecule has 0 radical (unpaired) electrons. The highest BCUT2D eigenvalue weighted by molar-refractivity contribution is 6.33. The number of hydrogen-bond donors (Lipinski definition) is 2. The summed E-state index contributed by atoms with van der Waals surface area (Å²) in [7, 11) is 2.03. The van der Waals surface area contributed by atoms with Gasteiger partial charge in [-0.2, -0.15) is 5.10 Å². The molecule has 0 aliphatic rings. The average molecular weight is 145 g/mol. The molecule has 1 aromatic heterocycles. The summed E-state index contributed by atoms with van der Waals surface area (Å²) in [5, 5.41) is 7.73. The zero-order chi connectivity index (χ0) is 7.84. The van der Waals surface area contributed by atoms with Crippen molar-refractivity contribution in [2.24, 2.45) is 0 Å². The van der Waals surface area contributed by atoms with Crippen molar-refractivity contribution >= 4 is 30.0 Å². The number of nitrogens with zero attached hydrogens (tertiary/aromatic N) is 1. The lowest BCUT2D eigenvalue weighted by Crippen LogP contribution is -1.99. The number of aromatic nitrogens is 2. The topological polar surface area (TPSA) is 54.7 Å². The number of rotatable bonds is 0. The maximum Gasteiger partial charge on any atom is 0.153 e. The molecule has 0 amide bonds. The van der Waals surface area contributed by atoms with Gasteiger partial charge in [-0.3, -0.25) is 5.10 Å². The molecule has 1 heterocycles. The van der Waals surface area contributed by atoms with E-state index in [1.807, 2.05) is 26.0 Å². The van der Waals surface area contributed by atoms with Gasteiger partial charge in [-0.15, -0.1) is 0 Å². The molecule has 0 saturated heterocycles. The van der Waals surface area contributed by atoms with E-state index in [-0.39, 0.29) is 0 Å². The van der Waals surface area contributed by atoms with Gasteiger partial charge in [-0.1, -0.05) is 17.6 Å². The van der Waals surface area contributed by atoms with Crippen LogP contribution in [0.5, 0.6) is 0 Å². The lowest BCUT2D eigenvalue weighted by molar-refractivity contribution is 1.13. The monoisotopic (exact) mass is 145 g/mol. The van der Waals surface area contributed by atoms with Crippen LogP contribution < -0.4 is 11.2 Å². The van der Waals surface area contributed by atoms with Gasteiger partial charge in [0.25, 0.3) is 0 Å². The molecular weight excluding hydrogens is 137 g/mol. The van der Waals surface area contributed by atoms with Crippen molar-refractivity contribution in [1.82, 2.24) is 10.2 Å². The quantitative estimate of drug-likeness (QED) is 0.486. The summed E-state index contributed by atoms with van der Waals surface area (Å²) in [6, 6.07) is 6.03. The highest BCUT2D eigenvalue weighted by Gasteiger charge is 1.99. The van der Waals surface area contributed by atoms with Gasteiger partial charge >= 0.3 is 0 Å². The number of aromatic amines is 1. The Balaban J connectivity index is 2.87. The Morgan fingerprint density at radius 1 is 1.45 bits per heavy atom. The first-order valence-corrected chi connectivity index (χ1v) is 3.47. The third-order valence-electron chi connectivity index (χ3n) is 1.75. The van der Waals surface area contributed by atoms with Crippen molar-refractivity contribution in [3.63, 3.8) is 0 Å². The molecule has 0 atom stereocenters. The molecule has 2 rings (SSSR count). The molecule has 0 unspecified atom stereocenters. The molecule has 0 bridgehead atoms. The van der Waals surface area contributed by atoms with Crippen molar-refractivity contribution in [1.29, 1.82) is 0 Å². The summed E-state index contributed by atoms with van der Waals surface area (Å²) < 4.78 is 0. The van der Waals surface area contributed by atoms with Crippen LogP contribution in [0.3, 0.4) is 0 Å². The lowest BCUT2D eigenvalue weighted by Gasteiger charge is -1.91. The average Bonchev–Trinajstić information content (AvgIpc) is 2.33. The van der Waals surface area contributed by atoms with Crippen molar-refractivity contribution in [3.8, 4) is 0 Å². The molecule has 3 N–H and O–H groups in total. The van der Waals surface area contributed by atoms with Gasteiger partial charge in [0, 0.05) is 5.39 Å². The van der Waals surface area contributed by atoms with Crippen LogP contribution in [0.2, 0.25) is 0 Å². The summed E-state index contributed by atoms with van der Waals surface area (Å²) in [6.07, 6.45) is 0. The smallest absolute Gasteiger partial charge is 0.153 e. The number of anilines is 1. The molecule has 0 aliphatic heterocycles. The number of H-pyrrole nitrogens is 1. The van der Waals surface area contributed by atoms with Gasteiger partial charge in [0.05, 0.1) is 5.52 Å². The second-order valence-corrected chi connectivity index (χ2v) is 2.66. The second-order valence-electron chi connectivity index (χ2n) is 2.66. The number of fused-ring (bicyclic) bond motifs is 1. The standard InChI is InChI=1S/C7H8BN3/c8-4-1-2-6-5(3-4)7(9)11-10-6/h1-3H,8H2,(H3,9,10,11). The van der Waals surface area contributed by atoms with Gasteiger partial charge in [0.1, 0.15) is 7.85 Å². The first-order chi connectivity index (χ1) is 5.27. The maximum absolute atomic E-state index is 5.60. The Hall–Kier alpha value is -1.45. The van der Waals surface area contributed by atoms with E-state index in [9.17, 15) is 0 Å². The molecule has 11 heavy (non-hydrogen) atoms. The molecular formula is C7H8BN3. The number of hydrogen-bond acceptors (Lipinski definition) is 2. The summed E-state index contributed by atoms with van der Waals surface area (Å²) >= 11 is 0. The van der Waals surface area contributed by atoms with E-state index in [4.69, 9.17) is 5.73 Å². The molecule has 0 fully saturated rings. The number of nitrogen functional groups attached to an aromatic ring is 1. The molecule has 0 aliphatic carbocycles. The zero-order valence-corrected chi connectivity index (χ0v) is 6.26. The summed E-state index contributed by atoms with van der Waals surface area (Å²) in [5.41, 5.74) is 7.80. The highest BCUT2D eigenvalue weighted by Crippen LogP contribution is 2.14. The van der Waals surface area contributed by atoms with Gasteiger partial charge in [-0.25, -0.2) is 0 Å². The Morgan fingerprint density at radius 2 is 2.27 bits per heavy atom. The first-order valence-electron chi connectivity index (χ1n) is 3.47. The number of nitrogens with two attached hydrogens (primary N) is 1. The molecule has 1 aromatic carbocycles. The number of nitrogens with one attached hydrogen (secondary N) is 1. The van der Waals surface area contributed by atoms with Crippen LogP contribution in [0, 0.1) is 0 Å². The van der Waals surface area contributed by atoms with E-state index >= 15 is 0 Å². The van der Waals surface area contributed by atoms with Gasteiger partial charge in [-0.05, 0) is 6.07 Å². The van der Waals surface area contributed by atoms with Crippen molar-refractivity contribution in [2.75, 3.05) is 5.73 Å². The van der Waals surface area contributed by atoms with Crippen molar-refractivity contribution in [3.05, 3.63) is 18.2 Å². The summed E-state index contributed by atoms with van der Waals surface area (Å²) in [5.74, 6) is 0.573. The van der Waals surface area contributed by atoms with Crippen molar-refractivity contribution < 1.29 is 0 Å². The van der Waals surface area contributed by atoms with Crippen LogP contribution in [0.15, 0.2) is 18.2 Å². The van der Waals surface area contributed by atoms with E-state index in [2.05, 4.69) is 10.2 Å². The largest absolute Gasteiger partial charge is 0.382 e. The minimum absolute atomic E-state index is 0.573. The van der Waals surface area contributed by atoms with Crippen LogP contribution in [0.4, 0.5) is 5.82 Å². The van der Waals surface area contributed by atoms with Crippen LogP contribution >= 0.6 is 0 Å². The third kappa shape index (κ3) is 0.870. The van der Waals surface area contributed by atoms with Gasteiger partial charge < -0.3 is 5.73 Å². The lowest BCUT2D eigenvalue weighted by atomic mass is 9.95. The van der Waals surface area contributed by atoms with Crippen LogP contribution in [0.1, 0.15) is 0 Å². The predicted octanol–water partition coefficient (Wildman–Crippen LogP) is -0.597. The van der Waals surface area contributed by atoms with E-state index in [0.717, 1.165) is 10.9 Å². The SMILES string of the molecule is Bc1ccc2[nH]nc(N)c2c1. The molecule has 0 saturated carbocycles. The van der Waals surface area contributed by atoms with E-state index in [1.54, 1.807) is 0 Å². The molecule has 54 valence electrons. The van der Waals surface area contributed by atoms with Gasteiger partial charge in [0.2, 0.25) is 0 Å². The first kappa shape index (κ1) is 6.28. The zero-order valence-electron chi connectivity index (χ0n) is 6.26. The molecule has 0 spiro atoms. The van der Waals surface area contributed by atoms with Crippen LogP contribution in [-0.2, 0) is 0 Å². The Kier molecular flexibility index (Phi) is 1.15. The molecule has 4 heteroatoms. The molecule has 2 aromatic rings. The minimum Gasteiger partial charge on any atom is -0.382 e. The van der Waals surface area contributed by atoms with E-state index in [1.165, 1.54) is 5.46 Å². The summed E-state index contributed by atoms with van der Waals surface area (Å²) in [6.45, 7) is 0. The Bertz CT molecular complexity index is 393. The normalized spacial score (nSPS) is 10.5. The predicted molar refractivity (Wildman–Crippen MR) is 48.7 cm³/mol. The number of benzene rings is 1. The fraction of sp³-hybridized carbons (Fsp3) is 0. The summed E-state index contributed by atoms with van der Waals surface area (Å²) in [4.78, 5) is 0. The third-order valence-corrected chi connectivity index (χ3v) is 1.75. The maximum atomic E-state index is 5.60. The van der Waals surface area contributed by atoms with E-state index in [0.29, 0.717) is 5.82 Å². The van der Waals surface area contributed by atoms with Gasteiger partial charge in [0.15, 0.2) is 5.82 Å². The van der Waals surface area contributed by atoms with Crippen LogP contribution in [0.25, 0.3) is 10.9 Å². The van der Waals surface area contributed by atoms with E-state index < -0.39 is 0 Å². The van der Waals surface area contributed by atoms with Crippen molar-refractivity contribution in [2.45, 2.75) is 0 Å².